The van der Waals surface area contributed by atoms with Crippen LogP contribution in [0.2, 0.25) is 0 Å². The zero-order chi connectivity index (χ0) is 23.4. The van der Waals surface area contributed by atoms with Crippen LogP contribution in [-0.2, 0) is 28.6 Å². The first-order chi connectivity index (χ1) is 13.5. The van der Waals surface area contributed by atoms with E-state index in [0.29, 0.717) is 0 Å². The molecule has 1 aliphatic rings. The van der Waals surface area contributed by atoms with Gasteiger partial charge in [-0.1, -0.05) is 12.1 Å². The van der Waals surface area contributed by atoms with Crippen molar-refractivity contribution in [3.8, 4) is 0 Å². The van der Waals surface area contributed by atoms with Gasteiger partial charge in [0.1, 0.15) is 10.2 Å². The van der Waals surface area contributed by atoms with E-state index in [9.17, 15) is 34.4 Å². The maximum Gasteiger partial charge on any atom is 0.374 e. The van der Waals surface area contributed by atoms with Crippen LogP contribution in [0.15, 0.2) is 41.3 Å². The normalized spacial score (nSPS) is 29.5. The van der Waals surface area contributed by atoms with Crippen molar-refractivity contribution < 1.29 is 51.5 Å². The minimum absolute atomic E-state index is 0.203. The topological polar surface area (TPSA) is 86.7 Å². The lowest BCUT2D eigenvalue weighted by atomic mass is 9.95. The molecule has 0 saturated heterocycles. The summed E-state index contributed by atoms with van der Waals surface area (Å²) in [6, 6.07) is 4.10. The molecule has 0 radical (unpaired) electrons. The average molecular weight is 501 g/mol. The fourth-order valence-electron chi connectivity index (χ4n) is 2.97. The van der Waals surface area contributed by atoms with Crippen LogP contribution >= 0.6 is 7.92 Å². The number of halogens is 6. The first kappa shape index (κ1) is 25.1. The Balaban J connectivity index is 2.92. The van der Waals surface area contributed by atoms with E-state index >= 15 is 8.78 Å². The third-order valence-electron chi connectivity index (χ3n) is 4.70. The van der Waals surface area contributed by atoms with Crippen LogP contribution in [0.1, 0.15) is 0 Å². The Hall–Kier alpha value is -1.21. The number of rotatable bonds is 6. The smallest absolute Gasteiger partial charge is 0.271 e. The summed E-state index contributed by atoms with van der Waals surface area (Å²) in [6.07, 6.45) is -0.955. The van der Waals surface area contributed by atoms with Crippen LogP contribution in [0.5, 0.6) is 0 Å². The maximum atomic E-state index is 16.0. The van der Waals surface area contributed by atoms with E-state index in [4.69, 9.17) is 0 Å². The quantitative estimate of drug-likeness (QED) is 0.258. The van der Waals surface area contributed by atoms with E-state index in [1.54, 1.807) is 0 Å². The van der Waals surface area contributed by atoms with Crippen LogP contribution < -0.4 is 5.30 Å². The molecule has 15 heteroatoms. The third-order valence-corrected chi connectivity index (χ3v) is 10.9. The van der Waals surface area contributed by atoms with E-state index in [2.05, 4.69) is 8.37 Å². The van der Waals surface area contributed by atoms with Crippen LogP contribution in [-0.4, -0.2) is 60.0 Å². The Bertz CT molecular complexity index is 1080. The molecule has 0 aliphatic heterocycles. The molecule has 0 saturated carbocycles. The predicted molar refractivity (Wildman–Crippen MR) is 97.2 cm³/mol. The fraction of sp³-hybridized carbons (Fsp3) is 0.467. The van der Waals surface area contributed by atoms with E-state index < -0.39 is 66.7 Å². The Morgan fingerprint density at radius 2 is 1.40 bits per heavy atom. The summed E-state index contributed by atoms with van der Waals surface area (Å²) < 4.78 is 144. The number of hydrogen-bond donors (Lipinski definition) is 0. The van der Waals surface area contributed by atoms with E-state index in [0.717, 1.165) is 38.0 Å². The molecule has 0 fully saturated rings. The molecule has 0 aromatic heterocycles. The van der Waals surface area contributed by atoms with Gasteiger partial charge in [-0.15, -0.1) is 0 Å². The van der Waals surface area contributed by atoms with Crippen LogP contribution in [0.25, 0.3) is 0 Å². The summed E-state index contributed by atoms with van der Waals surface area (Å²) in [5, 5.41) is -10.4. The SMILES string of the molecule is COS(=O)(=O)c1ccccc1[PH+](C)C1(F)C=CC(F)(F)C(F)(F)C1(F)S(=O)(=O)OC. The van der Waals surface area contributed by atoms with Gasteiger partial charge >= 0.3 is 37.1 Å². The molecule has 0 N–H and O–H groups in total. The van der Waals surface area contributed by atoms with Gasteiger partial charge < -0.3 is 0 Å². The molecular weight excluding hydrogens is 485 g/mol. The van der Waals surface area contributed by atoms with Crippen molar-refractivity contribution in [2.45, 2.75) is 27.2 Å². The second kappa shape index (κ2) is 7.44. The van der Waals surface area contributed by atoms with Gasteiger partial charge in [-0.25, -0.2) is 4.39 Å². The highest BCUT2D eigenvalue weighted by Gasteiger charge is 2.88. The van der Waals surface area contributed by atoms with Crippen molar-refractivity contribution in [3.05, 3.63) is 36.4 Å². The van der Waals surface area contributed by atoms with Gasteiger partial charge in [0.05, 0.1) is 28.8 Å². The van der Waals surface area contributed by atoms with Gasteiger partial charge in [-0.2, -0.15) is 38.8 Å². The van der Waals surface area contributed by atoms with E-state index in [1.807, 2.05) is 0 Å². The van der Waals surface area contributed by atoms with Gasteiger partial charge in [-0.3, -0.25) is 8.37 Å². The summed E-state index contributed by atoms with van der Waals surface area (Å²) in [5.41, 5.74) is 0. The summed E-state index contributed by atoms with van der Waals surface area (Å²) in [4.78, 5) is -0.757. The predicted octanol–water partition coefficient (Wildman–Crippen LogP) is 2.64. The average Bonchev–Trinajstić information content (AvgIpc) is 2.69. The lowest BCUT2D eigenvalue weighted by Gasteiger charge is -2.44. The van der Waals surface area contributed by atoms with Gasteiger partial charge in [-0.05, 0) is 24.3 Å². The highest BCUT2D eigenvalue weighted by Crippen LogP contribution is 2.67. The van der Waals surface area contributed by atoms with Crippen molar-refractivity contribution in [2.24, 2.45) is 0 Å². The second-order valence-corrected chi connectivity index (χ2v) is 12.2. The highest BCUT2D eigenvalue weighted by molar-refractivity contribution is 7.89. The zero-order valence-electron chi connectivity index (χ0n) is 15.5. The molecule has 0 amide bonds. The molecule has 1 aromatic carbocycles. The summed E-state index contributed by atoms with van der Waals surface area (Å²) >= 11 is 0. The van der Waals surface area contributed by atoms with Crippen molar-refractivity contribution >= 4 is 33.5 Å². The molecule has 1 aliphatic carbocycles. The highest BCUT2D eigenvalue weighted by atomic mass is 32.2. The molecule has 0 bridgehead atoms. The minimum atomic E-state index is -6.29. The first-order valence-corrected chi connectivity index (χ1v) is 12.7. The monoisotopic (exact) mass is 501 g/mol. The lowest BCUT2D eigenvalue weighted by molar-refractivity contribution is -0.247. The van der Waals surface area contributed by atoms with Crippen LogP contribution in [0, 0.1) is 0 Å². The lowest BCUT2D eigenvalue weighted by Crippen LogP contribution is -2.70. The Morgan fingerprint density at radius 1 is 0.867 bits per heavy atom. The second-order valence-electron chi connectivity index (χ2n) is 6.20. The molecular formula is C15H16F6O6PS2+. The Morgan fingerprint density at radius 3 is 1.90 bits per heavy atom. The first-order valence-electron chi connectivity index (χ1n) is 7.85. The van der Waals surface area contributed by atoms with Crippen LogP contribution in [0.3, 0.4) is 0 Å². The van der Waals surface area contributed by atoms with Crippen molar-refractivity contribution in [1.82, 2.24) is 0 Å². The Labute approximate surface area is 169 Å². The molecule has 1 aromatic rings. The number of hydrogen-bond acceptors (Lipinski definition) is 6. The molecule has 0 heterocycles. The number of benzene rings is 1. The van der Waals surface area contributed by atoms with Crippen molar-refractivity contribution in [3.63, 3.8) is 0 Å². The van der Waals surface area contributed by atoms with Crippen molar-refractivity contribution in [1.29, 1.82) is 0 Å². The molecule has 3 atom stereocenters. The molecule has 170 valence electrons. The number of allylic oxidation sites excluding steroid dienone is 2. The molecule has 30 heavy (non-hydrogen) atoms. The van der Waals surface area contributed by atoms with E-state index in [-0.39, 0.29) is 13.2 Å². The van der Waals surface area contributed by atoms with Crippen molar-refractivity contribution in [2.75, 3.05) is 20.9 Å². The summed E-state index contributed by atoms with van der Waals surface area (Å²) in [5.74, 6) is -11.5. The molecule has 2 rings (SSSR count). The van der Waals surface area contributed by atoms with Gasteiger partial charge in [0.15, 0.2) is 0 Å². The van der Waals surface area contributed by atoms with Gasteiger partial charge in [0.2, 0.25) is 0 Å². The standard InChI is InChI=1S/C15H15F6O6PS2/c1-26-29(22,23)11-7-5-4-6-10(11)28(3)13(18)9-8-12(16,17)14(19,20)15(13,21)30(24,25)27-2/h4-9H,1-3H3/p+1. The summed E-state index contributed by atoms with van der Waals surface area (Å²) in [6.45, 7) is 0.762. The molecule has 3 unspecified atom stereocenters. The largest absolute Gasteiger partial charge is 0.374 e. The minimum Gasteiger partial charge on any atom is -0.271 e. The zero-order valence-corrected chi connectivity index (χ0v) is 18.1. The maximum absolute atomic E-state index is 16.0. The fourth-order valence-corrected chi connectivity index (χ4v) is 8.68. The van der Waals surface area contributed by atoms with Gasteiger partial charge in [0.25, 0.3) is 5.41 Å². The van der Waals surface area contributed by atoms with E-state index in [1.165, 1.54) is 0 Å². The summed E-state index contributed by atoms with van der Waals surface area (Å²) in [7, 11) is -13.6. The third kappa shape index (κ3) is 3.19. The molecule has 6 nitrogen and oxygen atoms in total. The molecule has 0 spiro atoms. The number of alkyl halides is 6. The Kier molecular flexibility index (Phi) is 6.21. The van der Waals surface area contributed by atoms with Gasteiger partial charge in [0, 0.05) is 0 Å². The van der Waals surface area contributed by atoms with Crippen LogP contribution in [0.4, 0.5) is 26.3 Å².